The van der Waals surface area contributed by atoms with E-state index in [1.165, 1.54) is 43.1 Å². The molecule has 1 spiro atoms. The van der Waals surface area contributed by atoms with Gasteiger partial charge in [0.2, 0.25) is 5.95 Å². The molecule has 1 atom stereocenters. The van der Waals surface area contributed by atoms with E-state index in [4.69, 9.17) is 9.90 Å². The Hall–Kier alpha value is -2.27. The molecule has 2 aromatic heterocycles. The molecular formula is C19H24F3N5O2S. The van der Waals surface area contributed by atoms with Crippen molar-refractivity contribution in [2.45, 2.75) is 38.9 Å². The van der Waals surface area contributed by atoms with Crippen LogP contribution in [0.1, 0.15) is 30.0 Å². The van der Waals surface area contributed by atoms with Crippen molar-refractivity contribution in [1.82, 2.24) is 19.9 Å². The average Bonchev–Trinajstić information content (AvgIpc) is 3.28. The number of piperidine rings is 1. The van der Waals surface area contributed by atoms with Crippen LogP contribution in [0.5, 0.6) is 0 Å². The number of nitrogens with zero attached hydrogens (tertiary/aromatic N) is 5. The minimum Gasteiger partial charge on any atom is -0.475 e. The smallest absolute Gasteiger partial charge is 0.475 e. The van der Waals surface area contributed by atoms with Crippen LogP contribution in [0.3, 0.4) is 0 Å². The molecule has 0 aromatic carbocycles. The summed E-state index contributed by atoms with van der Waals surface area (Å²) in [6.07, 6.45) is 2.44. The van der Waals surface area contributed by atoms with Gasteiger partial charge in [-0.2, -0.15) is 13.2 Å². The molecule has 2 aromatic rings. The molecule has 2 aliphatic rings. The summed E-state index contributed by atoms with van der Waals surface area (Å²) >= 11 is 1.75. The SMILES string of the molecule is Cc1nc(CN2CCC3(CCCN(c4ncccn4)C3)C2)cs1.O=C(O)C(F)(F)F. The molecule has 0 bridgehead atoms. The number of carboxylic acid groups (broad SMARTS) is 1. The van der Waals surface area contributed by atoms with E-state index < -0.39 is 12.1 Å². The van der Waals surface area contributed by atoms with Crippen molar-refractivity contribution in [2.24, 2.45) is 5.41 Å². The summed E-state index contributed by atoms with van der Waals surface area (Å²) in [5.74, 6) is -1.87. The first-order valence-corrected chi connectivity index (χ1v) is 10.5. The number of carbonyl (C=O) groups is 1. The van der Waals surface area contributed by atoms with Crippen LogP contribution in [0.4, 0.5) is 19.1 Å². The van der Waals surface area contributed by atoms with Crippen LogP contribution in [0.25, 0.3) is 0 Å². The van der Waals surface area contributed by atoms with E-state index >= 15 is 0 Å². The van der Waals surface area contributed by atoms with E-state index in [1.54, 1.807) is 11.3 Å². The van der Waals surface area contributed by atoms with E-state index in [9.17, 15) is 13.2 Å². The average molecular weight is 443 g/mol. The number of alkyl halides is 3. The maximum Gasteiger partial charge on any atom is 0.490 e. The number of hydrogen-bond acceptors (Lipinski definition) is 7. The molecular weight excluding hydrogens is 419 g/mol. The number of anilines is 1. The molecule has 164 valence electrons. The lowest BCUT2D eigenvalue weighted by Gasteiger charge is -2.40. The van der Waals surface area contributed by atoms with Gasteiger partial charge < -0.3 is 10.0 Å². The Morgan fingerprint density at radius 1 is 1.23 bits per heavy atom. The van der Waals surface area contributed by atoms with E-state index in [1.807, 2.05) is 18.5 Å². The third-order valence-electron chi connectivity index (χ3n) is 5.31. The lowest BCUT2D eigenvalue weighted by Crippen LogP contribution is -2.45. The molecule has 7 nitrogen and oxygen atoms in total. The number of thiazole rings is 1. The Bertz CT molecular complexity index is 848. The van der Waals surface area contributed by atoms with E-state index in [0.717, 1.165) is 25.6 Å². The highest BCUT2D eigenvalue weighted by molar-refractivity contribution is 7.09. The van der Waals surface area contributed by atoms with Crippen molar-refractivity contribution in [1.29, 1.82) is 0 Å². The molecule has 2 saturated heterocycles. The number of likely N-dealkylation sites (tertiary alicyclic amines) is 1. The second-order valence-corrected chi connectivity index (χ2v) is 8.76. The highest BCUT2D eigenvalue weighted by Gasteiger charge is 2.42. The van der Waals surface area contributed by atoms with Gasteiger partial charge in [-0.1, -0.05) is 0 Å². The molecule has 11 heteroatoms. The van der Waals surface area contributed by atoms with Crippen molar-refractivity contribution in [3.8, 4) is 0 Å². The first-order valence-electron chi connectivity index (χ1n) is 9.62. The lowest BCUT2D eigenvalue weighted by atomic mass is 9.79. The van der Waals surface area contributed by atoms with Crippen LogP contribution < -0.4 is 4.90 Å². The molecule has 2 fully saturated rings. The first-order chi connectivity index (χ1) is 14.2. The van der Waals surface area contributed by atoms with Crippen LogP contribution in [-0.4, -0.2) is 63.3 Å². The summed E-state index contributed by atoms with van der Waals surface area (Å²) in [5.41, 5.74) is 1.63. The maximum atomic E-state index is 10.6. The van der Waals surface area contributed by atoms with Gasteiger partial charge in [0.15, 0.2) is 0 Å². The predicted molar refractivity (Wildman–Crippen MR) is 106 cm³/mol. The Balaban J connectivity index is 0.000000318. The number of halogens is 3. The standard InChI is InChI=1S/C17H23N5S.C2HF3O2/c1-14-20-15(11-23-14)10-21-9-5-17(12-21)4-2-8-22(13-17)16-18-6-3-7-19-16;3-2(4,5)1(6)7/h3,6-7,11H,2,4-5,8-10,12-13H2,1H3;(H,6,7). The lowest BCUT2D eigenvalue weighted by molar-refractivity contribution is -0.192. The molecule has 0 aliphatic carbocycles. The number of aryl methyl sites for hydroxylation is 1. The van der Waals surface area contributed by atoms with Gasteiger partial charge >= 0.3 is 12.1 Å². The number of hydrogen-bond donors (Lipinski definition) is 1. The van der Waals surface area contributed by atoms with Crippen molar-refractivity contribution in [2.75, 3.05) is 31.1 Å². The van der Waals surface area contributed by atoms with Crippen molar-refractivity contribution in [3.05, 3.63) is 34.5 Å². The topological polar surface area (TPSA) is 82.5 Å². The summed E-state index contributed by atoms with van der Waals surface area (Å²) in [6.45, 7) is 7.60. The summed E-state index contributed by atoms with van der Waals surface area (Å²) in [5, 5.41) is 10.5. The van der Waals surface area contributed by atoms with Crippen LogP contribution >= 0.6 is 11.3 Å². The van der Waals surface area contributed by atoms with Gasteiger partial charge in [0.05, 0.1) is 10.7 Å². The van der Waals surface area contributed by atoms with Gasteiger partial charge in [-0.3, -0.25) is 4.90 Å². The van der Waals surface area contributed by atoms with E-state index in [2.05, 4.69) is 37.1 Å². The highest BCUT2D eigenvalue weighted by atomic mass is 32.1. The van der Waals surface area contributed by atoms with Gasteiger partial charge in [-0.05, 0) is 38.8 Å². The van der Waals surface area contributed by atoms with Crippen LogP contribution in [0, 0.1) is 12.3 Å². The highest BCUT2D eigenvalue weighted by Crippen LogP contribution is 2.40. The van der Waals surface area contributed by atoms with Gasteiger partial charge in [0.1, 0.15) is 0 Å². The number of carboxylic acids is 1. The molecule has 4 rings (SSSR count). The van der Waals surface area contributed by atoms with Crippen LogP contribution in [0.15, 0.2) is 23.8 Å². The van der Waals surface area contributed by atoms with Crippen molar-refractivity contribution >= 4 is 23.3 Å². The Morgan fingerprint density at radius 2 is 1.93 bits per heavy atom. The largest absolute Gasteiger partial charge is 0.490 e. The molecule has 0 saturated carbocycles. The quantitative estimate of drug-likeness (QED) is 0.779. The molecule has 30 heavy (non-hydrogen) atoms. The number of aliphatic carboxylic acids is 1. The maximum absolute atomic E-state index is 10.6. The minimum atomic E-state index is -5.08. The van der Waals surface area contributed by atoms with Crippen LogP contribution in [0.2, 0.25) is 0 Å². The molecule has 0 amide bonds. The fraction of sp³-hybridized carbons (Fsp3) is 0.579. The Labute approximate surface area is 176 Å². The summed E-state index contributed by atoms with van der Waals surface area (Å²) in [7, 11) is 0. The molecule has 2 aliphatic heterocycles. The van der Waals surface area contributed by atoms with Gasteiger partial charge in [-0.15, -0.1) is 11.3 Å². The molecule has 0 radical (unpaired) electrons. The zero-order valence-electron chi connectivity index (χ0n) is 16.6. The minimum absolute atomic E-state index is 0.405. The second-order valence-electron chi connectivity index (χ2n) is 7.70. The van der Waals surface area contributed by atoms with E-state index in [-0.39, 0.29) is 0 Å². The van der Waals surface area contributed by atoms with Gasteiger partial charge in [-0.25, -0.2) is 19.7 Å². The monoisotopic (exact) mass is 443 g/mol. The third-order valence-corrected chi connectivity index (χ3v) is 6.13. The number of rotatable bonds is 3. The molecule has 1 unspecified atom stereocenters. The fourth-order valence-electron chi connectivity index (χ4n) is 4.04. The summed E-state index contributed by atoms with van der Waals surface area (Å²) in [6, 6.07) is 1.89. The van der Waals surface area contributed by atoms with Crippen molar-refractivity contribution in [3.63, 3.8) is 0 Å². The van der Waals surface area contributed by atoms with E-state index in [0.29, 0.717) is 5.41 Å². The number of aromatic nitrogens is 3. The summed E-state index contributed by atoms with van der Waals surface area (Å²) < 4.78 is 31.7. The zero-order chi connectivity index (χ0) is 21.8. The van der Waals surface area contributed by atoms with Gasteiger partial charge in [0, 0.05) is 49.4 Å². The molecule has 1 N–H and O–H groups in total. The normalized spacial score (nSPS) is 22.1. The van der Waals surface area contributed by atoms with Crippen molar-refractivity contribution < 1.29 is 23.1 Å². The Morgan fingerprint density at radius 3 is 2.53 bits per heavy atom. The zero-order valence-corrected chi connectivity index (χ0v) is 17.4. The fourth-order valence-corrected chi connectivity index (χ4v) is 4.64. The Kier molecular flexibility index (Phi) is 6.91. The van der Waals surface area contributed by atoms with Crippen LogP contribution in [-0.2, 0) is 11.3 Å². The molecule has 4 heterocycles. The predicted octanol–water partition coefficient (Wildman–Crippen LogP) is 3.37. The first kappa shape index (κ1) is 22.4. The van der Waals surface area contributed by atoms with Gasteiger partial charge in [0.25, 0.3) is 0 Å². The third kappa shape index (κ3) is 5.88. The second kappa shape index (κ2) is 9.25. The summed E-state index contributed by atoms with van der Waals surface area (Å²) in [4.78, 5) is 27.3.